The SMILES string of the molecule is COC(=O)c1ccccc1O.OC[C@@H](O)[C@@H](O)[C@H](O)[C@H](O)CO. The molecule has 132 valence electrons. The lowest BCUT2D eigenvalue weighted by Gasteiger charge is -2.24. The lowest BCUT2D eigenvalue weighted by molar-refractivity contribution is -0.123. The number of benzene rings is 1. The molecular formula is C14H22O9. The van der Waals surface area contributed by atoms with Crippen molar-refractivity contribution < 1.29 is 45.3 Å². The van der Waals surface area contributed by atoms with Gasteiger partial charge in [-0.3, -0.25) is 0 Å². The van der Waals surface area contributed by atoms with Gasteiger partial charge in [-0.1, -0.05) is 12.1 Å². The zero-order chi connectivity index (χ0) is 18.0. The van der Waals surface area contributed by atoms with Gasteiger partial charge in [0, 0.05) is 0 Å². The van der Waals surface area contributed by atoms with Gasteiger partial charge in [-0.05, 0) is 12.1 Å². The number of ether oxygens (including phenoxy) is 1. The lowest BCUT2D eigenvalue weighted by Crippen LogP contribution is -2.46. The summed E-state index contributed by atoms with van der Waals surface area (Å²) in [5, 5.41) is 61.3. The van der Waals surface area contributed by atoms with E-state index in [-0.39, 0.29) is 11.3 Å². The molecule has 9 nitrogen and oxygen atoms in total. The van der Waals surface area contributed by atoms with Crippen molar-refractivity contribution in [2.45, 2.75) is 24.4 Å². The van der Waals surface area contributed by atoms with E-state index in [0.29, 0.717) is 0 Å². The number of aliphatic hydroxyl groups is 6. The molecule has 0 spiro atoms. The smallest absolute Gasteiger partial charge is 0.341 e. The fourth-order valence-electron chi connectivity index (χ4n) is 1.43. The van der Waals surface area contributed by atoms with E-state index < -0.39 is 43.6 Å². The number of phenols is 1. The van der Waals surface area contributed by atoms with Crippen molar-refractivity contribution in [2.24, 2.45) is 0 Å². The monoisotopic (exact) mass is 334 g/mol. The number of para-hydroxylation sites is 1. The summed E-state index contributed by atoms with van der Waals surface area (Å²) < 4.78 is 4.42. The van der Waals surface area contributed by atoms with Crippen molar-refractivity contribution in [1.82, 2.24) is 0 Å². The van der Waals surface area contributed by atoms with Crippen molar-refractivity contribution in [3.8, 4) is 5.75 Å². The molecule has 1 aromatic rings. The molecule has 0 saturated heterocycles. The highest BCUT2D eigenvalue weighted by molar-refractivity contribution is 5.92. The summed E-state index contributed by atoms with van der Waals surface area (Å²) in [5.74, 6) is -0.581. The van der Waals surface area contributed by atoms with Crippen molar-refractivity contribution in [3.63, 3.8) is 0 Å². The third-order valence-corrected chi connectivity index (χ3v) is 2.82. The van der Waals surface area contributed by atoms with Crippen LogP contribution in [0.25, 0.3) is 0 Å². The van der Waals surface area contributed by atoms with Crippen LogP contribution in [0.4, 0.5) is 0 Å². The van der Waals surface area contributed by atoms with E-state index in [1.807, 2.05) is 0 Å². The highest BCUT2D eigenvalue weighted by Gasteiger charge is 2.29. The number of rotatable bonds is 6. The Bertz CT molecular complexity index is 451. The maximum Gasteiger partial charge on any atom is 0.341 e. The lowest BCUT2D eigenvalue weighted by atomic mass is 10.0. The van der Waals surface area contributed by atoms with Crippen LogP contribution >= 0.6 is 0 Å². The number of hydrogen-bond acceptors (Lipinski definition) is 9. The number of methoxy groups -OCH3 is 1. The molecule has 7 N–H and O–H groups in total. The number of aliphatic hydroxyl groups excluding tert-OH is 6. The predicted octanol–water partition coefficient (Wildman–Crippen LogP) is -2.41. The molecule has 1 rings (SSSR count). The number of carbonyl (C=O) groups is 1. The third kappa shape index (κ3) is 6.91. The topological polar surface area (TPSA) is 168 Å². The Hall–Kier alpha value is -1.75. The van der Waals surface area contributed by atoms with E-state index in [9.17, 15) is 4.79 Å². The number of phenolic OH excluding ortho intramolecular Hbond substituents is 1. The molecule has 0 aromatic heterocycles. The summed E-state index contributed by atoms with van der Waals surface area (Å²) in [7, 11) is 1.27. The Labute approximate surface area is 132 Å². The summed E-state index contributed by atoms with van der Waals surface area (Å²) in [6, 6.07) is 6.24. The van der Waals surface area contributed by atoms with Gasteiger partial charge in [0.15, 0.2) is 0 Å². The van der Waals surface area contributed by atoms with Crippen molar-refractivity contribution in [1.29, 1.82) is 0 Å². The summed E-state index contributed by atoms with van der Waals surface area (Å²) in [5.41, 5.74) is 0.190. The van der Waals surface area contributed by atoms with Gasteiger partial charge in [-0.25, -0.2) is 4.79 Å². The molecule has 0 unspecified atom stereocenters. The van der Waals surface area contributed by atoms with E-state index in [0.717, 1.165) is 0 Å². The first-order valence-electron chi connectivity index (χ1n) is 6.60. The molecule has 0 bridgehead atoms. The van der Waals surface area contributed by atoms with Crippen LogP contribution < -0.4 is 0 Å². The molecule has 0 fully saturated rings. The standard InChI is InChI=1S/C8H8O3.C6H14O6/c1-11-8(10)6-4-2-3-5-7(6)9;7-1-3(9)5(11)6(12)4(10)2-8/h2-5,9H,1H3;3-12H,1-2H2/t;3-,4-,5-,6-/m.1/s1. The maximum atomic E-state index is 10.9. The number of hydrogen-bond donors (Lipinski definition) is 7. The molecule has 0 heterocycles. The molecule has 0 aliphatic rings. The van der Waals surface area contributed by atoms with Gasteiger partial charge in [0.2, 0.25) is 0 Å². The largest absolute Gasteiger partial charge is 0.507 e. The zero-order valence-corrected chi connectivity index (χ0v) is 12.5. The maximum absolute atomic E-state index is 10.9. The first-order valence-corrected chi connectivity index (χ1v) is 6.60. The van der Waals surface area contributed by atoms with E-state index in [4.69, 9.17) is 35.7 Å². The molecule has 1 aromatic carbocycles. The molecule has 4 atom stereocenters. The Morgan fingerprint density at radius 3 is 1.78 bits per heavy atom. The van der Waals surface area contributed by atoms with Crippen molar-refractivity contribution >= 4 is 5.97 Å². The molecule has 23 heavy (non-hydrogen) atoms. The minimum absolute atomic E-state index is 0.0562. The van der Waals surface area contributed by atoms with E-state index >= 15 is 0 Å². The Kier molecular flexibility index (Phi) is 10.1. The van der Waals surface area contributed by atoms with Gasteiger partial charge in [-0.2, -0.15) is 0 Å². The fraction of sp³-hybridized carbons (Fsp3) is 0.500. The highest BCUT2D eigenvalue weighted by Crippen LogP contribution is 2.15. The third-order valence-electron chi connectivity index (χ3n) is 2.82. The molecule has 0 amide bonds. The summed E-state index contributed by atoms with van der Waals surface area (Å²) >= 11 is 0. The molecule has 0 aliphatic carbocycles. The normalized spacial score (nSPS) is 15.6. The van der Waals surface area contributed by atoms with Gasteiger partial charge in [0.25, 0.3) is 0 Å². The quantitative estimate of drug-likeness (QED) is 0.280. The average molecular weight is 334 g/mol. The summed E-state index contributed by atoms with van der Waals surface area (Å²) in [4.78, 5) is 10.9. The van der Waals surface area contributed by atoms with Crippen LogP contribution in [-0.4, -0.2) is 86.5 Å². The van der Waals surface area contributed by atoms with Gasteiger partial charge >= 0.3 is 5.97 Å². The summed E-state index contributed by atoms with van der Waals surface area (Å²) in [6.07, 6.45) is -6.39. The van der Waals surface area contributed by atoms with E-state index in [1.54, 1.807) is 12.1 Å². The van der Waals surface area contributed by atoms with Crippen LogP contribution in [-0.2, 0) is 4.74 Å². The van der Waals surface area contributed by atoms with Gasteiger partial charge < -0.3 is 40.5 Å². The molecular weight excluding hydrogens is 312 g/mol. The second-order valence-corrected chi connectivity index (χ2v) is 4.49. The van der Waals surface area contributed by atoms with Crippen LogP contribution in [0.5, 0.6) is 5.75 Å². The Morgan fingerprint density at radius 1 is 1.00 bits per heavy atom. The number of carbonyl (C=O) groups excluding carboxylic acids is 1. The van der Waals surface area contributed by atoms with Crippen LogP contribution in [0.3, 0.4) is 0 Å². The zero-order valence-electron chi connectivity index (χ0n) is 12.5. The van der Waals surface area contributed by atoms with E-state index in [1.165, 1.54) is 19.2 Å². The molecule has 0 aliphatic heterocycles. The minimum Gasteiger partial charge on any atom is -0.507 e. The van der Waals surface area contributed by atoms with Gasteiger partial charge in [0.05, 0.1) is 20.3 Å². The predicted molar refractivity (Wildman–Crippen MR) is 77.6 cm³/mol. The van der Waals surface area contributed by atoms with Crippen molar-refractivity contribution in [2.75, 3.05) is 20.3 Å². The molecule has 0 saturated carbocycles. The molecule has 0 radical (unpaired) electrons. The highest BCUT2D eigenvalue weighted by atomic mass is 16.5. The Morgan fingerprint density at radius 2 is 1.43 bits per heavy atom. The minimum atomic E-state index is -1.67. The van der Waals surface area contributed by atoms with Crippen LogP contribution in [0.15, 0.2) is 24.3 Å². The molecule has 9 heteroatoms. The summed E-state index contributed by atoms with van der Waals surface area (Å²) in [6.45, 7) is -1.45. The first-order chi connectivity index (χ1) is 10.8. The van der Waals surface area contributed by atoms with E-state index in [2.05, 4.69) is 4.74 Å². The van der Waals surface area contributed by atoms with Crippen molar-refractivity contribution in [3.05, 3.63) is 29.8 Å². The first kappa shape index (κ1) is 21.2. The number of esters is 1. The van der Waals surface area contributed by atoms with Gasteiger partial charge in [0.1, 0.15) is 35.7 Å². The van der Waals surface area contributed by atoms with Crippen LogP contribution in [0, 0.1) is 0 Å². The Balaban J connectivity index is 0.000000422. The second kappa shape index (κ2) is 10.9. The fourth-order valence-corrected chi connectivity index (χ4v) is 1.43. The van der Waals surface area contributed by atoms with Crippen LogP contribution in [0.1, 0.15) is 10.4 Å². The number of aromatic hydroxyl groups is 1. The van der Waals surface area contributed by atoms with Crippen LogP contribution in [0.2, 0.25) is 0 Å². The second-order valence-electron chi connectivity index (χ2n) is 4.49. The average Bonchev–Trinajstić information content (AvgIpc) is 2.59. The van der Waals surface area contributed by atoms with Gasteiger partial charge in [-0.15, -0.1) is 0 Å².